The Hall–Kier alpha value is -1.12. The summed E-state index contributed by atoms with van der Waals surface area (Å²) in [4.78, 5) is 17.3. The van der Waals surface area contributed by atoms with Crippen LogP contribution in [0.2, 0.25) is 0 Å². The van der Waals surface area contributed by atoms with Crippen molar-refractivity contribution in [3.8, 4) is 0 Å². The summed E-state index contributed by atoms with van der Waals surface area (Å²) in [6.45, 7) is 2.42. The molecule has 0 saturated heterocycles. The molecule has 3 heteroatoms. The fraction of sp³-hybridized carbons (Fsp3) is 0.765. The number of nitrogens with zero attached hydrogens (tertiary/aromatic N) is 2. The van der Waals surface area contributed by atoms with Crippen molar-refractivity contribution in [1.82, 2.24) is 9.55 Å². The van der Waals surface area contributed by atoms with Gasteiger partial charge in [0.1, 0.15) is 11.6 Å². The predicted molar refractivity (Wildman–Crippen MR) is 77.1 cm³/mol. The number of Topliss-reactive ketones (excluding diaryl/α,β-unsaturated/α-hetero) is 1. The molecule has 5 rings (SSSR count). The summed E-state index contributed by atoms with van der Waals surface area (Å²) >= 11 is 0. The van der Waals surface area contributed by atoms with Crippen molar-refractivity contribution in [3.63, 3.8) is 0 Å². The quantitative estimate of drug-likeness (QED) is 0.847. The molecule has 0 amide bonds. The average molecular weight is 272 g/mol. The number of imidazole rings is 1. The molecule has 0 N–H and O–H groups in total. The van der Waals surface area contributed by atoms with E-state index in [1.165, 1.54) is 19.3 Å². The van der Waals surface area contributed by atoms with Crippen molar-refractivity contribution in [1.29, 1.82) is 0 Å². The zero-order chi connectivity index (χ0) is 14.0. The highest BCUT2D eigenvalue weighted by atomic mass is 16.1. The van der Waals surface area contributed by atoms with Gasteiger partial charge in [0.25, 0.3) is 0 Å². The van der Waals surface area contributed by atoms with Crippen LogP contribution in [0.4, 0.5) is 0 Å². The lowest BCUT2D eigenvalue weighted by Gasteiger charge is -2.60. The first-order valence-electron chi connectivity index (χ1n) is 7.98. The molecule has 0 aliphatic heterocycles. The largest absolute Gasteiger partial charge is 0.338 e. The van der Waals surface area contributed by atoms with E-state index < -0.39 is 0 Å². The van der Waals surface area contributed by atoms with Crippen molar-refractivity contribution in [2.45, 2.75) is 51.9 Å². The van der Waals surface area contributed by atoms with Gasteiger partial charge in [0.2, 0.25) is 0 Å². The molecule has 4 saturated carbocycles. The maximum Gasteiger partial charge on any atom is 0.146 e. The zero-order valence-corrected chi connectivity index (χ0v) is 12.6. The lowest BCUT2D eigenvalue weighted by atomic mass is 9.43. The summed E-state index contributed by atoms with van der Waals surface area (Å²) in [6.07, 6.45) is 11.8. The maximum absolute atomic E-state index is 13.0. The molecular weight excluding hydrogens is 248 g/mol. The van der Waals surface area contributed by atoms with E-state index >= 15 is 0 Å². The number of aryl methyl sites for hydroxylation is 1. The summed E-state index contributed by atoms with van der Waals surface area (Å²) < 4.78 is 1.99. The van der Waals surface area contributed by atoms with Gasteiger partial charge >= 0.3 is 0 Å². The highest BCUT2D eigenvalue weighted by molar-refractivity contribution is 5.86. The lowest BCUT2D eigenvalue weighted by molar-refractivity contribution is -0.152. The lowest BCUT2D eigenvalue weighted by Crippen LogP contribution is -2.54. The monoisotopic (exact) mass is 272 g/mol. The van der Waals surface area contributed by atoms with Crippen LogP contribution in [0.25, 0.3) is 0 Å². The molecule has 4 aliphatic rings. The van der Waals surface area contributed by atoms with Gasteiger partial charge in [0, 0.05) is 24.9 Å². The van der Waals surface area contributed by atoms with Crippen molar-refractivity contribution in [3.05, 3.63) is 18.2 Å². The molecule has 20 heavy (non-hydrogen) atoms. The number of hydrogen-bond acceptors (Lipinski definition) is 2. The minimum absolute atomic E-state index is 0.00914. The Balaban J connectivity index is 1.61. The minimum Gasteiger partial charge on any atom is -0.338 e. The Bertz CT molecular complexity index is 545. The fourth-order valence-corrected chi connectivity index (χ4v) is 5.94. The van der Waals surface area contributed by atoms with Gasteiger partial charge in [-0.3, -0.25) is 4.79 Å². The molecule has 4 fully saturated rings. The van der Waals surface area contributed by atoms with Gasteiger partial charge in [-0.2, -0.15) is 0 Å². The van der Waals surface area contributed by atoms with Crippen LogP contribution in [0.15, 0.2) is 12.4 Å². The Labute approximate surface area is 120 Å². The van der Waals surface area contributed by atoms with Crippen molar-refractivity contribution >= 4 is 5.78 Å². The van der Waals surface area contributed by atoms with Crippen LogP contribution in [0.5, 0.6) is 0 Å². The Morgan fingerprint density at radius 1 is 1.35 bits per heavy atom. The molecule has 4 bridgehead atoms. The normalized spacial score (nSPS) is 42.1. The summed E-state index contributed by atoms with van der Waals surface area (Å²) in [5.41, 5.74) is 0.437. The SMILES string of the molecule is Cn1ccnc1CC(=O)C12CC3CC(CC(C)(C3)C1)C2. The highest BCUT2D eigenvalue weighted by Crippen LogP contribution is 2.65. The average Bonchev–Trinajstić information content (AvgIpc) is 2.71. The van der Waals surface area contributed by atoms with Crippen LogP contribution in [0, 0.1) is 22.7 Å². The molecule has 0 aromatic carbocycles. The molecule has 1 heterocycles. The Kier molecular flexibility index (Phi) is 2.49. The molecule has 4 aliphatic carbocycles. The molecule has 0 radical (unpaired) electrons. The number of hydrogen-bond donors (Lipinski definition) is 0. The van der Waals surface area contributed by atoms with Gasteiger partial charge in [-0.1, -0.05) is 6.92 Å². The Morgan fingerprint density at radius 2 is 2.05 bits per heavy atom. The van der Waals surface area contributed by atoms with Gasteiger partial charge in [0.15, 0.2) is 0 Å². The molecule has 108 valence electrons. The number of rotatable bonds is 3. The predicted octanol–water partition coefficient (Wildman–Crippen LogP) is 3.14. The third kappa shape index (κ3) is 1.78. The first kappa shape index (κ1) is 12.6. The number of carbonyl (C=O) groups excluding carboxylic acids is 1. The number of carbonyl (C=O) groups is 1. The second-order valence-corrected chi connectivity index (χ2v) is 8.11. The van der Waals surface area contributed by atoms with E-state index in [0.29, 0.717) is 17.6 Å². The van der Waals surface area contributed by atoms with Crippen LogP contribution in [-0.2, 0) is 18.3 Å². The summed E-state index contributed by atoms with van der Waals surface area (Å²) in [5.74, 6) is 3.01. The summed E-state index contributed by atoms with van der Waals surface area (Å²) in [7, 11) is 1.98. The van der Waals surface area contributed by atoms with Gasteiger partial charge < -0.3 is 4.57 Å². The van der Waals surface area contributed by atoms with E-state index in [9.17, 15) is 4.79 Å². The molecule has 1 aromatic rings. The second-order valence-electron chi connectivity index (χ2n) is 8.11. The number of aromatic nitrogens is 2. The van der Waals surface area contributed by atoms with E-state index in [4.69, 9.17) is 0 Å². The smallest absolute Gasteiger partial charge is 0.146 e. The van der Waals surface area contributed by atoms with Gasteiger partial charge in [-0.25, -0.2) is 4.98 Å². The molecule has 3 nitrogen and oxygen atoms in total. The maximum atomic E-state index is 13.0. The topological polar surface area (TPSA) is 34.9 Å². The first-order chi connectivity index (χ1) is 9.48. The highest BCUT2D eigenvalue weighted by Gasteiger charge is 2.58. The minimum atomic E-state index is -0.00914. The standard InChI is InChI=1S/C17H24N2O/c1-16-7-12-5-13(8-16)10-17(9-12,11-16)14(20)6-15-18-3-4-19(15)2/h3-4,12-13H,5-11H2,1-2H3. The molecule has 1 aromatic heterocycles. The molecular formula is C17H24N2O. The third-order valence-corrected chi connectivity index (χ3v) is 6.18. The van der Waals surface area contributed by atoms with Gasteiger partial charge in [0.05, 0.1) is 6.42 Å². The van der Waals surface area contributed by atoms with E-state index in [0.717, 1.165) is 36.9 Å². The van der Waals surface area contributed by atoms with Gasteiger partial charge in [-0.15, -0.1) is 0 Å². The van der Waals surface area contributed by atoms with E-state index in [-0.39, 0.29) is 5.41 Å². The molecule has 2 unspecified atom stereocenters. The van der Waals surface area contributed by atoms with E-state index in [2.05, 4.69) is 11.9 Å². The summed E-state index contributed by atoms with van der Waals surface area (Å²) in [5, 5.41) is 0. The number of ketones is 1. The van der Waals surface area contributed by atoms with Crippen LogP contribution < -0.4 is 0 Å². The molecule has 0 spiro atoms. The van der Waals surface area contributed by atoms with Crippen LogP contribution in [0.3, 0.4) is 0 Å². The second kappa shape index (κ2) is 3.96. The van der Waals surface area contributed by atoms with Crippen LogP contribution in [0.1, 0.15) is 51.3 Å². The van der Waals surface area contributed by atoms with Crippen molar-refractivity contribution < 1.29 is 4.79 Å². The van der Waals surface area contributed by atoms with Crippen LogP contribution in [-0.4, -0.2) is 15.3 Å². The van der Waals surface area contributed by atoms with Crippen molar-refractivity contribution in [2.24, 2.45) is 29.7 Å². The van der Waals surface area contributed by atoms with Gasteiger partial charge in [-0.05, 0) is 55.8 Å². The van der Waals surface area contributed by atoms with E-state index in [1.807, 2.05) is 17.8 Å². The van der Waals surface area contributed by atoms with Crippen molar-refractivity contribution in [2.75, 3.05) is 0 Å². The fourth-order valence-electron chi connectivity index (χ4n) is 5.94. The third-order valence-electron chi connectivity index (χ3n) is 6.18. The summed E-state index contributed by atoms with van der Waals surface area (Å²) in [6, 6.07) is 0. The zero-order valence-electron chi connectivity index (χ0n) is 12.6. The first-order valence-corrected chi connectivity index (χ1v) is 7.98. The molecule has 2 atom stereocenters. The van der Waals surface area contributed by atoms with E-state index in [1.54, 1.807) is 6.20 Å². The Morgan fingerprint density at radius 3 is 2.60 bits per heavy atom. The van der Waals surface area contributed by atoms with Crippen LogP contribution >= 0.6 is 0 Å².